The van der Waals surface area contributed by atoms with Gasteiger partial charge in [0.15, 0.2) is 0 Å². The predicted molar refractivity (Wildman–Crippen MR) is 85.6 cm³/mol. The SMILES string of the molecule is CC1CCC(CNS(=O)(=O)c2cccc3ccccc23)C1. The van der Waals surface area contributed by atoms with Crippen LogP contribution in [0.5, 0.6) is 0 Å². The molecule has 2 unspecified atom stereocenters. The lowest BCUT2D eigenvalue weighted by Crippen LogP contribution is -2.28. The largest absolute Gasteiger partial charge is 0.241 e. The van der Waals surface area contributed by atoms with Crippen molar-refractivity contribution in [2.45, 2.75) is 31.1 Å². The molecule has 0 bridgehead atoms. The van der Waals surface area contributed by atoms with Crippen LogP contribution in [0.1, 0.15) is 26.2 Å². The number of rotatable bonds is 4. The van der Waals surface area contributed by atoms with E-state index in [4.69, 9.17) is 0 Å². The molecule has 0 heterocycles. The Morgan fingerprint density at radius 3 is 2.62 bits per heavy atom. The number of hydrogen-bond acceptors (Lipinski definition) is 2. The first-order valence-electron chi connectivity index (χ1n) is 7.54. The maximum atomic E-state index is 12.6. The maximum Gasteiger partial charge on any atom is 0.241 e. The Morgan fingerprint density at radius 2 is 1.86 bits per heavy atom. The van der Waals surface area contributed by atoms with Gasteiger partial charge in [0.2, 0.25) is 10.0 Å². The highest BCUT2D eigenvalue weighted by atomic mass is 32.2. The second-order valence-corrected chi connectivity index (χ2v) is 7.85. The molecule has 1 aliphatic carbocycles. The molecule has 2 aromatic rings. The van der Waals surface area contributed by atoms with Gasteiger partial charge in [-0.05, 0) is 36.1 Å². The van der Waals surface area contributed by atoms with Crippen LogP contribution < -0.4 is 4.72 Å². The van der Waals surface area contributed by atoms with Gasteiger partial charge in [-0.25, -0.2) is 13.1 Å². The number of benzene rings is 2. The van der Waals surface area contributed by atoms with Crippen molar-refractivity contribution in [3.63, 3.8) is 0 Å². The van der Waals surface area contributed by atoms with Gasteiger partial charge in [0.05, 0.1) is 4.90 Å². The van der Waals surface area contributed by atoms with E-state index in [-0.39, 0.29) is 0 Å². The van der Waals surface area contributed by atoms with Gasteiger partial charge < -0.3 is 0 Å². The Bertz CT molecular complexity index is 734. The number of nitrogens with one attached hydrogen (secondary N) is 1. The van der Waals surface area contributed by atoms with Crippen LogP contribution in [0, 0.1) is 11.8 Å². The van der Waals surface area contributed by atoms with E-state index in [0.29, 0.717) is 17.4 Å². The molecule has 3 rings (SSSR count). The van der Waals surface area contributed by atoms with Crippen LogP contribution in [0.25, 0.3) is 10.8 Å². The Kier molecular flexibility index (Phi) is 4.00. The molecule has 1 fully saturated rings. The standard InChI is InChI=1S/C17H21NO2S/c1-13-9-10-14(11-13)12-18-21(19,20)17-8-4-6-15-5-2-3-7-16(15)17/h2-8,13-14,18H,9-12H2,1H3. The maximum absolute atomic E-state index is 12.6. The lowest BCUT2D eigenvalue weighted by molar-refractivity contribution is 0.498. The molecule has 1 aliphatic rings. The van der Waals surface area contributed by atoms with Crippen molar-refractivity contribution in [1.29, 1.82) is 0 Å². The summed E-state index contributed by atoms with van der Waals surface area (Å²) < 4.78 is 27.9. The summed E-state index contributed by atoms with van der Waals surface area (Å²) in [6.07, 6.45) is 3.46. The van der Waals surface area contributed by atoms with E-state index in [0.717, 1.165) is 29.5 Å². The quantitative estimate of drug-likeness (QED) is 0.939. The lowest BCUT2D eigenvalue weighted by Gasteiger charge is -2.13. The molecule has 21 heavy (non-hydrogen) atoms. The second-order valence-electron chi connectivity index (χ2n) is 6.11. The average Bonchev–Trinajstić information content (AvgIpc) is 2.90. The molecular weight excluding hydrogens is 282 g/mol. The third kappa shape index (κ3) is 3.11. The smallest absolute Gasteiger partial charge is 0.211 e. The molecule has 0 radical (unpaired) electrons. The average molecular weight is 303 g/mol. The van der Waals surface area contributed by atoms with Gasteiger partial charge in [-0.3, -0.25) is 0 Å². The third-order valence-corrected chi connectivity index (χ3v) is 5.89. The van der Waals surface area contributed by atoms with Crippen LogP contribution in [0.4, 0.5) is 0 Å². The van der Waals surface area contributed by atoms with Crippen LogP contribution >= 0.6 is 0 Å². The van der Waals surface area contributed by atoms with Gasteiger partial charge >= 0.3 is 0 Å². The molecule has 1 saturated carbocycles. The number of fused-ring (bicyclic) bond motifs is 1. The summed E-state index contributed by atoms with van der Waals surface area (Å²) in [6.45, 7) is 2.79. The van der Waals surface area contributed by atoms with Gasteiger partial charge in [0.25, 0.3) is 0 Å². The summed E-state index contributed by atoms with van der Waals surface area (Å²) in [6, 6.07) is 13.0. The van der Waals surface area contributed by atoms with E-state index in [1.165, 1.54) is 6.42 Å². The second kappa shape index (κ2) is 5.78. The van der Waals surface area contributed by atoms with Crippen LogP contribution in [0.2, 0.25) is 0 Å². The fourth-order valence-corrected chi connectivity index (χ4v) is 4.59. The lowest BCUT2D eigenvalue weighted by atomic mass is 10.1. The minimum atomic E-state index is -3.44. The fourth-order valence-electron chi connectivity index (χ4n) is 3.25. The molecule has 0 spiro atoms. The highest BCUT2D eigenvalue weighted by Crippen LogP contribution is 2.30. The van der Waals surface area contributed by atoms with Crippen LogP contribution in [-0.2, 0) is 10.0 Å². The number of sulfonamides is 1. The minimum Gasteiger partial charge on any atom is -0.211 e. The van der Waals surface area contributed by atoms with Crippen LogP contribution in [0.15, 0.2) is 47.4 Å². The summed E-state index contributed by atoms with van der Waals surface area (Å²) in [5.74, 6) is 1.20. The highest BCUT2D eigenvalue weighted by Gasteiger charge is 2.24. The van der Waals surface area contributed by atoms with Crippen molar-refractivity contribution < 1.29 is 8.42 Å². The molecule has 0 amide bonds. The number of hydrogen-bond donors (Lipinski definition) is 1. The predicted octanol–water partition coefficient (Wildman–Crippen LogP) is 3.55. The third-order valence-electron chi connectivity index (χ3n) is 4.40. The van der Waals surface area contributed by atoms with Crippen molar-refractivity contribution in [2.75, 3.05) is 6.54 Å². The Balaban J connectivity index is 1.83. The minimum absolute atomic E-state index is 0.381. The zero-order valence-electron chi connectivity index (χ0n) is 12.2. The normalized spacial score (nSPS) is 22.7. The Labute approximate surface area is 126 Å². The molecule has 112 valence electrons. The molecule has 0 saturated heterocycles. The summed E-state index contributed by atoms with van der Waals surface area (Å²) in [7, 11) is -3.44. The van der Waals surface area contributed by atoms with Gasteiger partial charge in [-0.2, -0.15) is 0 Å². The zero-order chi connectivity index (χ0) is 14.9. The van der Waals surface area contributed by atoms with E-state index in [9.17, 15) is 8.42 Å². The first-order chi connectivity index (χ1) is 10.1. The molecule has 0 aromatic heterocycles. The van der Waals surface area contributed by atoms with Crippen molar-refractivity contribution in [2.24, 2.45) is 11.8 Å². The van der Waals surface area contributed by atoms with E-state index in [1.807, 2.05) is 30.3 Å². The first-order valence-corrected chi connectivity index (χ1v) is 9.02. The van der Waals surface area contributed by atoms with Crippen molar-refractivity contribution in [3.05, 3.63) is 42.5 Å². The summed E-state index contributed by atoms with van der Waals surface area (Å²) >= 11 is 0. The van der Waals surface area contributed by atoms with Crippen molar-refractivity contribution >= 4 is 20.8 Å². The molecule has 1 N–H and O–H groups in total. The topological polar surface area (TPSA) is 46.2 Å². The molecule has 3 nitrogen and oxygen atoms in total. The van der Waals surface area contributed by atoms with E-state index in [1.54, 1.807) is 12.1 Å². The summed E-state index contributed by atoms with van der Waals surface area (Å²) in [4.78, 5) is 0.381. The fraction of sp³-hybridized carbons (Fsp3) is 0.412. The van der Waals surface area contributed by atoms with Gasteiger partial charge in [-0.15, -0.1) is 0 Å². The Hall–Kier alpha value is -1.39. The highest BCUT2D eigenvalue weighted by molar-refractivity contribution is 7.89. The van der Waals surface area contributed by atoms with Gasteiger partial charge in [0, 0.05) is 11.9 Å². The molecule has 0 aliphatic heterocycles. The van der Waals surface area contributed by atoms with Crippen molar-refractivity contribution in [1.82, 2.24) is 4.72 Å². The molecule has 2 atom stereocenters. The zero-order valence-corrected chi connectivity index (χ0v) is 13.1. The van der Waals surface area contributed by atoms with E-state index >= 15 is 0 Å². The van der Waals surface area contributed by atoms with Crippen molar-refractivity contribution in [3.8, 4) is 0 Å². The van der Waals surface area contributed by atoms with Crippen LogP contribution in [0.3, 0.4) is 0 Å². The van der Waals surface area contributed by atoms with Gasteiger partial charge in [0.1, 0.15) is 0 Å². The molecule has 4 heteroatoms. The Morgan fingerprint density at radius 1 is 1.10 bits per heavy atom. The van der Waals surface area contributed by atoms with Crippen LogP contribution in [-0.4, -0.2) is 15.0 Å². The first kappa shape index (κ1) is 14.5. The molecule has 2 aromatic carbocycles. The summed E-state index contributed by atoms with van der Waals surface area (Å²) in [5, 5.41) is 1.74. The van der Waals surface area contributed by atoms with E-state index in [2.05, 4.69) is 11.6 Å². The monoisotopic (exact) mass is 303 g/mol. The summed E-state index contributed by atoms with van der Waals surface area (Å²) in [5.41, 5.74) is 0. The van der Waals surface area contributed by atoms with Gasteiger partial charge in [-0.1, -0.05) is 49.7 Å². The van der Waals surface area contributed by atoms with E-state index < -0.39 is 10.0 Å². The molecular formula is C17H21NO2S.